The molecule has 0 aliphatic carbocycles. The van der Waals surface area contributed by atoms with Crippen LogP contribution >= 0.6 is 11.6 Å². The van der Waals surface area contributed by atoms with Crippen LogP contribution in [-0.2, 0) is 21.7 Å². The topological polar surface area (TPSA) is 90.2 Å². The maximum Gasteiger partial charge on any atom is 0.297 e. The van der Waals surface area contributed by atoms with E-state index in [-0.39, 0.29) is 41.4 Å². The first kappa shape index (κ1) is 32.1. The zero-order valence-electron chi connectivity index (χ0n) is 26.7. The quantitative estimate of drug-likeness (QED) is 0.234. The van der Waals surface area contributed by atoms with Crippen molar-refractivity contribution >= 4 is 36.5 Å². The van der Waals surface area contributed by atoms with Gasteiger partial charge in [-0.25, -0.2) is 0 Å². The number of nitrogens with zero attached hydrogens (tertiary/aromatic N) is 2. The number of aliphatic hydroxyl groups excluding tert-OH is 1. The van der Waals surface area contributed by atoms with E-state index in [0.29, 0.717) is 23.7 Å². The Morgan fingerprint density at radius 1 is 0.978 bits per heavy atom. The Balaban J connectivity index is 1.37. The SMILES string of the molecule is COc1ccc([Si](C)(C)[C@@H]2[C@@H](CCO)O[C@]3(C(=O)N(Cc4ccc(-n5cccc(OC)c5=O)cc4)c4ccc(Cl)cc43)[C@H]2C)cc1. The molecule has 1 N–H and O–H groups in total. The number of ether oxygens (including phenoxy) is 3. The van der Waals surface area contributed by atoms with Crippen molar-refractivity contribution in [3.05, 3.63) is 112 Å². The number of aliphatic hydroxyl groups is 1. The Morgan fingerprint density at radius 2 is 1.70 bits per heavy atom. The van der Waals surface area contributed by atoms with Gasteiger partial charge in [-0.1, -0.05) is 61.1 Å². The van der Waals surface area contributed by atoms with Crippen LogP contribution in [0.5, 0.6) is 11.5 Å². The van der Waals surface area contributed by atoms with Gasteiger partial charge in [-0.15, -0.1) is 0 Å². The van der Waals surface area contributed by atoms with Gasteiger partial charge in [0.1, 0.15) is 5.75 Å². The highest BCUT2D eigenvalue weighted by Gasteiger charge is 2.66. The number of pyridine rings is 1. The molecule has 240 valence electrons. The van der Waals surface area contributed by atoms with Crippen LogP contribution in [-0.4, -0.2) is 50.6 Å². The summed E-state index contributed by atoms with van der Waals surface area (Å²) in [4.78, 5) is 29.4. The third-order valence-electron chi connectivity index (χ3n) is 9.90. The lowest BCUT2D eigenvalue weighted by Crippen LogP contribution is -2.51. The first-order chi connectivity index (χ1) is 22.1. The molecule has 6 rings (SSSR count). The summed E-state index contributed by atoms with van der Waals surface area (Å²) < 4.78 is 19.1. The van der Waals surface area contributed by atoms with Gasteiger partial charge >= 0.3 is 0 Å². The fourth-order valence-electron chi connectivity index (χ4n) is 7.62. The van der Waals surface area contributed by atoms with Crippen LogP contribution < -0.4 is 25.1 Å². The molecule has 8 nitrogen and oxygen atoms in total. The van der Waals surface area contributed by atoms with E-state index in [9.17, 15) is 14.7 Å². The Kier molecular flexibility index (Phi) is 8.62. The number of rotatable bonds is 9. The molecule has 0 unspecified atom stereocenters. The summed E-state index contributed by atoms with van der Waals surface area (Å²) in [5, 5.41) is 11.9. The van der Waals surface area contributed by atoms with E-state index < -0.39 is 13.7 Å². The maximum absolute atomic E-state index is 14.8. The summed E-state index contributed by atoms with van der Waals surface area (Å²) in [7, 11) is 0.845. The lowest BCUT2D eigenvalue weighted by molar-refractivity contribution is -0.146. The third-order valence-corrected chi connectivity index (χ3v) is 14.5. The second-order valence-corrected chi connectivity index (χ2v) is 17.8. The van der Waals surface area contributed by atoms with Crippen molar-refractivity contribution < 1.29 is 24.1 Å². The minimum Gasteiger partial charge on any atom is -0.497 e. The summed E-state index contributed by atoms with van der Waals surface area (Å²) >= 11 is 6.58. The standard InChI is InChI=1S/C36H39ClN2O6Si/c1-23-33(46(4,5)28-15-13-27(43-2)14-16-28)31(18-20-40)45-36(23)29-21-25(37)10-17-30(29)39(35(36)42)22-24-8-11-26(12-9-24)38-19-6-7-32(44-3)34(38)41/h6-17,19,21,23,31,33,40H,18,20,22H2,1-5H3/t23-,31+,33-,36+/m0/s1. The van der Waals surface area contributed by atoms with Crippen LogP contribution in [0.15, 0.2) is 89.9 Å². The molecular formula is C36H39ClN2O6Si. The van der Waals surface area contributed by atoms with E-state index >= 15 is 0 Å². The highest BCUT2D eigenvalue weighted by atomic mass is 35.5. The van der Waals surface area contributed by atoms with Gasteiger partial charge in [-0.05, 0) is 72.1 Å². The molecule has 4 aromatic rings. The number of aromatic nitrogens is 1. The minimum absolute atomic E-state index is 0.0317. The molecule has 10 heteroatoms. The largest absolute Gasteiger partial charge is 0.497 e. The van der Waals surface area contributed by atoms with E-state index in [2.05, 4.69) is 32.2 Å². The zero-order chi connectivity index (χ0) is 32.8. The molecule has 46 heavy (non-hydrogen) atoms. The Labute approximate surface area is 275 Å². The Morgan fingerprint density at radius 3 is 2.35 bits per heavy atom. The van der Waals surface area contributed by atoms with Crippen LogP contribution in [0.1, 0.15) is 24.5 Å². The van der Waals surface area contributed by atoms with Gasteiger partial charge in [0, 0.05) is 35.0 Å². The Bertz CT molecular complexity index is 1810. The summed E-state index contributed by atoms with van der Waals surface area (Å²) in [6.45, 7) is 7.02. The summed E-state index contributed by atoms with van der Waals surface area (Å²) in [6, 6.07) is 24.7. The average molecular weight is 659 g/mol. The van der Waals surface area contributed by atoms with Gasteiger partial charge in [0.25, 0.3) is 11.5 Å². The van der Waals surface area contributed by atoms with Crippen molar-refractivity contribution in [1.29, 1.82) is 0 Å². The molecule has 4 atom stereocenters. The van der Waals surface area contributed by atoms with Crippen molar-refractivity contribution in [3.63, 3.8) is 0 Å². The summed E-state index contributed by atoms with van der Waals surface area (Å²) in [5.74, 6) is 0.734. The fraction of sp³-hybridized carbons (Fsp3) is 0.333. The molecule has 2 aliphatic rings. The van der Waals surface area contributed by atoms with Crippen molar-refractivity contribution in [2.75, 3.05) is 25.7 Å². The number of halogens is 1. The highest BCUT2D eigenvalue weighted by Crippen LogP contribution is 2.60. The number of carbonyl (C=O) groups excluding carboxylic acids is 1. The van der Waals surface area contributed by atoms with Gasteiger partial charge in [0.2, 0.25) is 0 Å². The smallest absolute Gasteiger partial charge is 0.297 e. The lowest BCUT2D eigenvalue weighted by atomic mass is 9.82. The summed E-state index contributed by atoms with van der Waals surface area (Å²) in [5.41, 5.74) is 1.66. The number of benzene rings is 3. The molecule has 1 saturated heterocycles. The predicted octanol–water partition coefficient (Wildman–Crippen LogP) is 5.65. The van der Waals surface area contributed by atoms with Crippen LogP contribution in [0.2, 0.25) is 23.7 Å². The van der Waals surface area contributed by atoms with E-state index in [1.165, 1.54) is 16.9 Å². The molecular weight excluding hydrogens is 620 g/mol. The van der Waals surface area contributed by atoms with E-state index in [1.54, 1.807) is 36.4 Å². The predicted molar refractivity (Wildman–Crippen MR) is 183 cm³/mol. The lowest BCUT2D eigenvalue weighted by Gasteiger charge is -2.37. The van der Waals surface area contributed by atoms with Crippen LogP contribution in [0.25, 0.3) is 5.69 Å². The number of methoxy groups -OCH3 is 2. The zero-order valence-corrected chi connectivity index (χ0v) is 28.5. The van der Waals surface area contributed by atoms with E-state index in [1.807, 2.05) is 48.5 Å². The van der Waals surface area contributed by atoms with Crippen LogP contribution in [0, 0.1) is 5.92 Å². The van der Waals surface area contributed by atoms with Crippen LogP contribution in [0.4, 0.5) is 5.69 Å². The maximum atomic E-state index is 14.8. The molecule has 3 heterocycles. The van der Waals surface area contributed by atoms with E-state index in [0.717, 1.165) is 22.6 Å². The van der Waals surface area contributed by atoms with Crippen molar-refractivity contribution in [3.8, 4) is 17.2 Å². The molecule has 0 bridgehead atoms. The fourth-order valence-corrected chi connectivity index (χ4v) is 11.8. The number of amides is 1. The number of carbonyl (C=O) groups is 1. The third kappa shape index (κ3) is 5.15. The highest BCUT2D eigenvalue weighted by molar-refractivity contribution is 6.91. The van der Waals surface area contributed by atoms with Crippen molar-refractivity contribution in [2.24, 2.45) is 5.92 Å². The van der Waals surface area contributed by atoms with Gasteiger partial charge in [-0.3, -0.25) is 14.2 Å². The second kappa shape index (κ2) is 12.4. The Hall–Kier alpha value is -3.89. The first-order valence-corrected chi connectivity index (χ1v) is 18.9. The molecule has 3 aromatic carbocycles. The average Bonchev–Trinajstić information content (AvgIpc) is 3.48. The molecule has 2 aliphatic heterocycles. The normalized spacial score (nSPS) is 22.4. The molecule has 1 spiro atoms. The number of anilines is 1. The van der Waals surface area contributed by atoms with Gasteiger partial charge in [0.15, 0.2) is 11.4 Å². The molecule has 1 aromatic heterocycles. The summed E-state index contributed by atoms with van der Waals surface area (Å²) in [6.07, 6.45) is 1.81. The van der Waals surface area contributed by atoms with Gasteiger partial charge in [-0.2, -0.15) is 0 Å². The van der Waals surface area contributed by atoms with E-state index in [4.69, 9.17) is 25.8 Å². The number of hydrogen-bond acceptors (Lipinski definition) is 6. The van der Waals surface area contributed by atoms with Gasteiger partial charge in [0.05, 0.1) is 40.6 Å². The van der Waals surface area contributed by atoms with Crippen molar-refractivity contribution in [1.82, 2.24) is 4.57 Å². The molecule has 1 amide bonds. The van der Waals surface area contributed by atoms with Crippen molar-refractivity contribution in [2.45, 2.75) is 50.2 Å². The second-order valence-electron chi connectivity index (χ2n) is 12.6. The molecule has 0 radical (unpaired) electrons. The number of fused-ring (bicyclic) bond motifs is 2. The van der Waals surface area contributed by atoms with Gasteiger partial charge < -0.3 is 24.2 Å². The minimum atomic E-state index is -2.28. The van der Waals surface area contributed by atoms with Crippen LogP contribution in [0.3, 0.4) is 0 Å². The monoisotopic (exact) mass is 658 g/mol. The molecule has 0 saturated carbocycles. The molecule has 1 fully saturated rings. The first-order valence-electron chi connectivity index (χ1n) is 15.5. The number of hydrogen-bond donors (Lipinski definition) is 1.